The van der Waals surface area contributed by atoms with E-state index < -0.39 is 17.6 Å². The molecule has 0 aliphatic carbocycles. The van der Waals surface area contributed by atoms with Gasteiger partial charge in [0.25, 0.3) is 5.91 Å². The molecule has 0 saturated heterocycles. The second-order valence-corrected chi connectivity index (χ2v) is 5.87. The highest BCUT2D eigenvalue weighted by Gasteiger charge is 2.30. The summed E-state index contributed by atoms with van der Waals surface area (Å²) < 4.78 is 40.4. The number of allylic oxidation sites excluding steroid dienone is 1. The molecule has 2 rings (SSSR count). The van der Waals surface area contributed by atoms with Crippen LogP contribution < -0.4 is 5.73 Å². The molecule has 0 aliphatic heterocycles. The molecule has 1 heterocycles. The van der Waals surface area contributed by atoms with E-state index in [9.17, 15) is 18.0 Å². The van der Waals surface area contributed by atoms with E-state index in [1.54, 1.807) is 13.0 Å². The van der Waals surface area contributed by atoms with Gasteiger partial charge in [0, 0.05) is 23.5 Å². The minimum Gasteiger partial charge on any atom is -0.366 e. The summed E-state index contributed by atoms with van der Waals surface area (Å²) in [4.78, 5) is 12.0. The van der Waals surface area contributed by atoms with Gasteiger partial charge in [-0.3, -0.25) is 4.79 Å². The number of primary amides is 1. The van der Waals surface area contributed by atoms with Crippen molar-refractivity contribution in [2.75, 3.05) is 0 Å². The first-order valence-corrected chi connectivity index (χ1v) is 8.02. The first-order valence-electron chi connectivity index (χ1n) is 8.02. The third-order valence-electron chi connectivity index (χ3n) is 4.18. The predicted octanol–water partition coefficient (Wildman–Crippen LogP) is 4.72. The molecule has 134 valence electrons. The summed E-state index contributed by atoms with van der Waals surface area (Å²) in [7, 11) is 0. The van der Waals surface area contributed by atoms with Crippen LogP contribution in [0.1, 0.15) is 40.7 Å². The van der Waals surface area contributed by atoms with E-state index in [-0.39, 0.29) is 0 Å². The van der Waals surface area contributed by atoms with Crippen LogP contribution in [0, 0.1) is 6.92 Å². The van der Waals surface area contributed by atoms with Gasteiger partial charge in [0.1, 0.15) is 0 Å². The molecule has 0 unspecified atom stereocenters. The van der Waals surface area contributed by atoms with Gasteiger partial charge in [0.05, 0.1) is 11.1 Å². The number of carbonyl (C=O) groups is 1. The molecule has 0 atom stereocenters. The lowest BCUT2D eigenvalue weighted by molar-refractivity contribution is -0.137. The zero-order valence-electron chi connectivity index (χ0n) is 14.3. The van der Waals surface area contributed by atoms with Crippen molar-refractivity contribution in [2.45, 2.75) is 39.4 Å². The normalized spacial score (nSPS) is 11.6. The summed E-state index contributed by atoms with van der Waals surface area (Å²) in [5.41, 5.74) is 7.94. The van der Waals surface area contributed by atoms with E-state index in [0.29, 0.717) is 35.3 Å². The number of nitrogens with two attached hydrogens (primary N) is 1. The molecule has 25 heavy (non-hydrogen) atoms. The molecule has 1 aromatic heterocycles. The lowest BCUT2D eigenvalue weighted by Gasteiger charge is -2.12. The number of halogens is 3. The van der Waals surface area contributed by atoms with Crippen LogP contribution in [-0.2, 0) is 19.1 Å². The van der Waals surface area contributed by atoms with Gasteiger partial charge in [-0.15, -0.1) is 6.58 Å². The van der Waals surface area contributed by atoms with Crippen LogP contribution >= 0.6 is 0 Å². The summed E-state index contributed by atoms with van der Waals surface area (Å²) in [6.07, 6.45) is -1.18. The number of aromatic nitrogens is 1. The summed E-state index contributed by atoms with van der Waals surface area (Å²) in [6.45, 7) is 8.02. The van der Waals surface area contributed by atoms with E-state index in [1.165, 1.54) is 12.1 Å². The highest BCUT2D eigenvalue weighted by Crippen LogP contribution is 2.36. The molecular weight excluding hydrogens is 329 g/mol. The number of hydrogen-bond acceptors (Lipinski definition) is 1. The van der Waals surface area contributed by atoms with Gasteiger partial charge in [-0.05, 0) is 31.0 Å². The van der Waals surface area contributed by atoms with Crippen LogP contribution in [0.5, 0.6) is 0 Å². The van der Waals surface area contributed by atoms with Gasteiger partial charge >= 0.3 is 6.18 Å². The second kappa shape index (κ2) is 7.17. The SMILES string of the molecule is C=CCn1c(C)c(C(N)=O)c(-c2ccc(C(F)(F)F)cc2)c1CCC. The number of rotatable bonds is 6. The summed E-state index contributed by atoms with van der Waals surface area (Å²) in [5.74, 6) is -0.590. The zero-order chi connectivity index (χ0) is 18.8. The van der Waals surface area contributed by atoms with Crippen LogP contribution in [0.15, 0.2) is 36.9 Å². The fourth-order valence-corrected chi connectivity index (χ4v) is 3.11. The van der Waals surface area contributed by atoms with Gasteiger partial charge in [0.15, 0.2) is 0 Å². The largest absolute Gasteiger partial charge is 0.416 e. The van der Waals surface area contributed by atoms with Crippen molar-refractivity contribution in [3.8, 4) is 11.1 Å². The van der Waals surface area contributed by atoms with Gasteiger partial charge in [0.2, 0.25) is 0 Å². The predicted molar refractivity (Wildman–Crippen MR) is 92.3 cm³/mol. The molecule has 2 aromatic rings. The van der Waals surface area contributed by atoms with Crippen molar-refractivity contribution in [3.05, 3.63) is 59.4 Å². The van der Waals surface area contributed by atoms with E-state index in [4.69, 9.17) is 5.73 Å². The summed E-state index contributed by atoms with van der Waals surface area (Å²) >= 11 is 0. The Morgan fingerprint density at radius 2 is 1.88 bits per heavy atom. The molecule has 1 amide bonds. The van der Waals surface area contributed by atoms with Gasteiger partial charge in [-0.1, -0.05) is 31.6 Å². The molecule has 0 fully saturated rings. The number of carbonyl (C=O) groups excluding carboxylic acids is 1. The third-order valence-corrected chi connectivity index (χ3v) is 4.18. The Morgan fingerprint density at radius 3 is 2.32 bits per heavy atom. The molecule has 0 aliphatic rings. The lowest BCUT2D eigenvalue weighted by Crippen LogP contribution is -2.13. The molecule has 0 radical (unpaired) electrons. The number of alkyl halides is 3. The third kappa shape index (κ3) is 3.62. The molecule has 6 heteroatoms. The van der Waals surface area contributed by atoms with E-state index in [2.05, 4.69) is 6.58 Å². The van der Waals surface area contributed by atoms with Gasteiger partial charge in [-0.2, -0.15) is 13.2 Å². The first kappa shape index (κ1) is 18.8. The molecule has 1 aromatic carbocycles. The number of nitrogens with zero attached hydrogens (tertiary/aromatic N) is 1. The fraction of sp³-hybridized carbons (Fsp3) is 0.316. The Labute approximate surface area is 145 Å². The van der Waals surface area contributed by atoms with Crippen molar-refractivity contribution < 1.29 is 18.0 Å². The smallest absolute Gasteiger partial charge is 0.366 e. The molecule has 3 nitrogen and oxygen atoms in total. The van der Waals surface area contributed by atoms with Crippen molar-refractivity contribution in [1.29, 1.82) is 0 Å². The summed E-state index contributed by atoms with van der Waals surface area (Å²) in [5, 5.41) is 0. The molecule has 2 N–H and O–H groups in total. The Bertz CT molecular complexity index is 786. The van der Waals surface area contributed by atoms with Crippen LogP contribution in [0.25, 0.3) is 11.1 Å². The molecule has 0 saturated carbocycles. The second-order valence-electron chi connectivity index (χ2n) is 5.87. The standard InChI is InChI=1S/C19H21F3N2O/c1-4-6-15-17(13-7-9-14(10-8-13)19(20,21)22)16(18(23)25)12(3)24(15)11-5-2/h5,7-10H,2,4,6,11H2,1,3H3,(H2,23,25). The average Bonchev–Trinajstić information content (AvgIpc) is 2.81. The Hall–Kier alpha value is -2.50. The minimum atomic E-state index is -4.40. The van der Waals surface area contributed by atoms with E-state index >= 15 is 0 Å². The molecular formula is C19H21F3N2O. The Kier molecular flexibility index (Phi) is 5.40. The molecule has 0 spiro atoms. The highest BCUT2D eigenvalue weighted by atomic mass is 19.4. The molecule has 0 bridgehead atoms. The maximum absolute atomic E-state index is 12.8. The van der Waals surface area contributed by atoms with E-state index in [1.807, 2.05) is 11.5 Å². The Morgan fingerprint density at radius 1 is 1.28 bits per heavy atom. The van der Waals surface area contributed by atoms with Crippen LogP contribution in [0.2, 0.25) is 0 Å². The van der Waals surface area contributed by atoms with Crippen molar-refractivity contribution in [2.24, 2.45) is 5.73 Å². The maximum Gasteiger partial charge on any atom is 0.416 e. The average molecular weight is 350 g/mol. The topological polar surface area (TPSA) is 48.0 Å². The number of benzene rings is 1. The monoisotopic (exact) mass is 350 g/mol. The number of amides is 1. The van der Waals surface area contributed by atoms with Crippen molar-refractivity contribution in [1.82, 2.24) is 4.57 Å². The van der Waals surface area contributed by atoms with Crippen molar-refractivity contribution >= 4 is 5.91 Å². The quantitative estimate of drug-likeness (QED) is 0.753. The van der Waals surface area contributed by atoms with Gasteiger partial charge < -0.3 is 10.3 Å². The highest BCUT2D eigenvalue weighted by molar-refractivity contribution is 6.02. The zero-order valence-corrected chi connectivity index (χ0v) is 14.3. The minimum absolute atomic E-state index is 0.352. The number of hydrogen-bond donors (Lipinski definition) is 1. The van der Waals surface area contributed by atoms with Gasteiger partial charge in [-0.25, -0.2) is 0 Å². The fourth-order valence-electron chi connectivity index (χ4n) is 3.11. The lowest BCUT2D eigenvalue weighted by atomic mass is 9.97. The van der Waals surface area contributed by atoms with Crippen LogP contribution in [-0.4, -0.2) is 10.5 Å². The van der Waals surface area contributed by atoms with E-state index in [0.717, 1.165) is 24.2 Å². The van der Waals surface area contributed by atoms with Crippen LogP contribution in [0.3, 0.4) is 0 Å². The van der Waals surface area contributed by atoms with Crippen LogP contribution in [0.4, 0.5) is 13.2 Å². The Balaban J connectivity index is 2.71. The maximum atomic E-state index is 12.8. The summed E-state index contributed by atoms with van der Waals surface area (Å²) in [6, 6.07) is 4.83. The van der Waals surface area contributed by atoms with Crippen molar-refractivity contribution in [3.63, 3.8) is 0 Å². The first-order chi connectivity index (χ1) is 11.7.